The summed E-state index contributed by atoms with van der Waals surface area (Å²) in [6.45, 7) is 1.29. The highest BCUT2D eigenvalue weighted by Gasteiger charge is 2.20. The number of hydrogen-bond acceptors (Lipinski definition) is 3. The molecule has 0 heterocycles. The Morgan fingerprint density at radius 3 is 2.95 bits per heavy atom. The molecular formula is C16H18FNO3. The molecule has 5 heteroatoms. The molecule has 1 aliphatic rings. The number of hydrogen-bond donors (Lipinski definition) is 2. The van der Waals surface area contributed by atoms with Gasteiger partial charge in [0.2, 0.25) is 0 Å². The second-order valence-corrected chi connectivity index (χ2v) is 4.93. The van der Waals surface area contributed by atoms with E-state index in [9.17, 15) is 9.18 Å². The highest BCUT2D eigenvalue weighted by atomic mass is 19.1. The predicted molar refractivity (Wildman–Crippen MR) is 76.2 cm³/mol. The van der Waals surface area contributed by atoms with E-state index in [0.29, 0.717) is 19.1 Å². The highest BCUT2D eigenvalue weighted by molar-refractivity contribution is 5.94. The molecule has 1 aromatic carbocycles. The molecule has 1 aromatic rings. The van der Waals surface area contributed by atoms with Crippen molar-refractivity contribution in [2.45, 2.75) is 12.8 Å². The zero-order valence-corrected chi connectivity index (χ0v) is 11.7. The van der Waals surface area contributed by atoms with Crippen LogP contribution in [0.5, 0.6) is 0 Å². The van der Waals surface area contributed by atoms with Gasteiger partial charge in [-0.2, -0.15) is 0 Å². The van der Waals surface area contributed by atoms with Gasteiger partial charge in [0.15, 0.2) is 0 Å². The average molecular weight is 291 g/mol. The summed E-state index contributed by atoms with van der Waals surface area (Å²) in [5.74, 6) is 4.62. The van der Waals surface area contributed by atoms with Crippen molar-refractivity contribution in [2.75, 3.05) is 26.4 Å². The summed E-state index contributed by atoms with van der Waals surface area (Å²) in [7, 11) is 0. The molecule has 21 heavy (non-hydrogen) atoms. The van der Waals surface area contributed by atoms with Gasteiger partial charge in [-0.1, -0.05) is 11.8 Å². The first-order valence-electron chi connectivity index (χ1n) is 6.96. The standard InChI is InChI=1S/C16H18FNO3/c17-15-10-14(6-5-13(15)2-1-8-19)16(20)18-7-9-21-11-12-3-4-12/h5-6,10,12,19H,3-4,7-9,11H2,(H,18,20). The number of benzene rings is 1. The number of ether oxygens (including phenoxy) is 1. The fourth-order valence-electron chi connectivity index (χ4n) is 1.77. The van der Waals surface area contributed by atoms with Crippen molar-refractivity contribution in [3.8, 4) is 11.8 Å². The quantitative estimate of drug-likeness (QED) is 0.614. The molecule has 2 rings (SSSR count). The van der Waals surface area contributed by atoms with Crippen LogP contribution in [0.2, 0.25) is 0 Å². The number of carbonyl (C=O) groups excluding carboxylic acids is 1. The third kappa shape index (κ3) is 5.18. The summed E-state index contributed by atoms with van der Waals surface area (Å²) in [6, 6.07) is 4.07. The monoisotopic (exact) mass is 291 g/mol. The first-order valence-corrected chi connectivity index (χ1v) is 6.96. The SMILES string of the molecule is O=C(NCCOCC1CC1)c1ccc(C#CCO)c(F)c1. The minimum Gasteiger partial charge on any atom is -0.384 e. The molecule has 0 aromatic heterocycles. The van der Waals surface area contributed by atoms with Crippen molar-refractivity contribution in [2.24, 2.45) is 5.92 Å². The Hall–Kier alpha value is -1.90. The summed E-state index contributed by atoms with van der Waals surface area (Å²) < 4.78 is 19.1. The maximum atomic E-state index is 13.7. The van der Waals surface area contributed by atoms with E-state index in [1.165, 1.54) is 25.0 Å². The Morgan fingerprint density at radius 2 is 2.29 bits per heavy atom. The van der Waals surface area contributed by atoms with Gasteiger partial charge in [-0.05, 0) is 37.0 Å². The van der Waals surface area contributed by atoms with Crippen LogP contribution in [-0.2, 0) is 4.74 Å². The van der Waals surface area contributed by atoms with Crippen molar-refractivity contribution in [3.63, 3.8) is 0 Å². The number of rotatable bonds is 6. The Bertz CT molecular complexity index is 558. The minimum absolute atomic E-state index is 0.161. The van der Waals surface area contributed by atoms with Gasteiger partial charge < -0.3 is 15.2 Å². The number of nitrogens with one attached hydrogen (secondary N) is 1. The Labute approximate surface area is 123 Å². The minimum atomic E-state index is -0.575. The lowest BCUT2D eigenvalue weighted by Crippen LogP contribution is -2.27. The number of aliphatic hydroxyl groups excluding tert-OH is 1. The van der Waals surface area contributed by atoms with Crippen LogP contribution in [0.1, 0.15) is 28.8 Å². The lowest BCUT2D eigenvalue weighted by molar-refractivity contribution is 0.0906. The molecule has 2 N–H and O–H groups in total. The molecule has 0 unspecified atom stereocenters. The summed E-state index contributed by atoms with van der Waals surface area (Å²) in [5, 5.41) is 11.2. The molecule has 1 saturated carbocycles. The molecule has 112 valence electrons. The number of amides is 1. The lowest BCUT2D eigenvalue weighted by Gasteiger charge is -2.06. The van der Waals surface area contributed by atoms with Gasteiger partial charge in [0, 0.05) is 18.7 Å². The smallest absolute Gasteiger partial charge is 0.251 e. The van der Waals surface area contributed by atoms with Crippen molar-refractivity contribution in [1.29, 1.82) is 0 Å². The van der Waals surface area contributed by atoms with Crippen molar-refractivity contribution < 1.29 is 19.0 Å². The van der Waals surface area contributed by atoms with E-state index >= 15 is 0 Å². The van der Waals surface area contributed by atoms with Crippen LogP contribution >= 0.6 is 0 Å². The average Bonchev–Trinajstić information content (AvgIpc) is 3.29. The zero-order valence-electron chi connectivity index (χ0n) is 11.7. The van der Waals surface area contributed by atoms with Crippen LogP contribution in [0.15, 0.2) is 18.2 Å². The van der Waals surface area contributed by atoms with Gasteiger partial charge >= 0.3 is 0 Å². The topological polar surface area (TPSA) is 58.6 Å². The lowest BCUT2D eigenvalue weighted by atomic mass is 10.1. The maximum absolute atomic E-state index is 13.7. The van der Waals surface area contributed by atoms with E-state index < -0.39 is 5.82 Å². The first kappa shape index (κ1) is 15.5. The molecule has 0 bridgehead atoms. The normalized spacial score (nSPS) is 13.4. The van der Waals surface area contributed by atoms with Gasteiger partial charge in [0.25, 0.3) is 5.91 Å². The van der Waals surface area contributed by atoms with Gasteiger partial charge in [0.1, 0.15) is 12.4 Å². The van der Waals surface area contributed by atoms with E-state index in [1.807, 2.05) is 0 Å². The largest absolute Gasteiger partial charge is 0.384 e. The van der Waals surface area contributed by atoms with E-state index in [4.69, 9.17) is 9.84 Å². The molecule has 1 amide bonds. The van der Waals surface area contributed by atoms with E-state index in [2.05, 4.69) is 17.2 Å². The molecule has 1 aliphatic carbocycles. The van der Waals surface area contributed by atoms with Crippen molar-refractivity contribution >= 4 is 5.91 Å². The molecule has 0 spiro atoms. The number of aliphatic hydroxyl groups is 1. The molecule has 1 fully saturated rings. The highest BCUT2D eigenvalue weighted by Crippen LogP contribution is 2.28. The Morgan fingerprint density at radius 1 is 1.48 bits per heavy atom. The summed E-state index contributed by atoms with van der Waals surface area (Å²) in [6.07, 6.45) is 2.47. The Balaban J connectivity index is 1.79. The van der Waals surface area contributed by atoms with Crippen LogP contribution < -0.4 is 5.32 Å². The molecule has 4 nitrogen and oxygen atoms in total. The van der Waals surface area contributed by atoms with Gasteiger partial charge in [-0.25, -0.2) is 4.39 Å². The predicted octanol–water partition coefficient (Wildman–Crippen LogP) is 1.33. The van der Waals surface area contributed by atoms with E-state index in [-0.39, 0.29) is 23.6 Å². The second-order valence-electron chi connectivity index (χ2n) is 4.93. The summed E-state index contributed by atoms with van der Waals surface area (Å²) in [5.41, 5.74) is 0.401. The third-order valence-electron chi connectivity index (χ3n) is 3.12. The van der Waals surface area contributed by atoms with Crippen molar-refractivity contribution in [1.82, 2.24) is 5.32 Å². The maximum Gasteiger partial charge on any atom is 0.251 e. The summed E-state index contributed by atoms with van der Waals surface area (Å²) in [4.78, 5) is 11.8. The van der Waals surface area contributed by atoms with E-state index in [1.54, 1.807) is 0 Å². The molecule has 0 saturated heterocycles. The fourth-order valence-corrected chi connectivity index (χ4v) is 1.77. The first-order chi connectivity index (χ1) is 10.2. The number of carbonyl (C=O) groups is 1. The zero-order chi connectivity index (χ0) is 15.1. The van der Waals surface area contributed by atoms with Crippen molar-refractivity contribution in [3.05, 3.63) is 35.1 Å². The Kier molecular flexibility index (Phi) is 5.73. The van der Waals surface area contributed by atoms with Crippen LogP contribution in [-0.4, -0.2) is 37.4 Å². The van der Waals surface area contributed by atoms with Gasteiger partial charge in [0.05, 0.1) is 12.2 Å². The molecule has 0 radical (unpaired) electrons. The second kappa shape index (κ2) is 7.77. The number of halogens is 1. The van der Waals surface area contributed by atoms with Crippen LogP contribution in [0, 0.1) is 23.6 Å². The summed E-state index contributed by atoms with van der Waals surface area (Å²) >= 11 is 0. The van der Waals surface area contributed by atoms with Crippen LogP contribution in [0.25, 0.3) is 0 Å². The molecular weight excluding hydrogens is 273 g/mol. The van der Waals surface area contributed by atoms with Gasteiger partial charge in [-0.3, -0.25) is 4.79 Å². The fraction of sp³-hybridized carbons (Fsp3) is 0.438. The molecule has 0 aliphatic heterocycles. The van der Waals surface area contributed by atoms with E-state index in [0.717, 1.165) is 12.7 Å². The van der Waals surface area contributed by atoms with Crippen LogP contribution in [0.4, 0.5) is 4.39 Å². The third-order valence-corrected chi connectivity index (χ3v) is 3.12. The van der Waals surface area contributed by atoms with Crippen LogP contribution in [0.3, 0.4) is 0 Å². The van der Waals surface area contributed by atoms with Gasteiger partial charge in [-0.15, -0.1) is 0 Å². The molecule has 0 atom stereocenters.